The Balaban J connectivity index is 1.89. The smallest absolute Gasteiger partial charge is 0.315 e. The van der Waals surface area contributed by atoms with E-state index in [1.165, 1.54) is 0 Å². The predicted octanol–water partition coefficient (Wildman–Crippen LogP) is 2.17. The molecule has 124 valence electrons. The molecule has 0 saturated heterocycles. The zero-order chi connectivity index (χ0) is 16.1. The number of hydrogen-bond donors (Lipinski definition) is 2. The van der Waals surface area contributed by atoms with Crippen molar-refractivity contribution >= 4 is 16.8 Å². The van der Waals surface area contributed by atoms with E-state index in [9.17, 15) is 9.00 Å². The molecule has 1 aromatic heterocycles. The number of nitrogens with one attached hydrogen (secondary N) is 2. The van der Waals surface area contributed by atoms with Crippen molar-refractivity contribution in [3.8, 4) is 0 Å². The molecule has 2 amide bonds. The van der Waals surface area contributed by atoms with Crippen LogP contribution in [0.15, 0.2) is 4.52 Å². The largest absolute Gasteiger partial charge is 0.361 e. The first kappa shape index (κ1) is 17.0. The number of urea groups is 1. The second-order valence-corrected chi connectivity index (χ2v) is 7.67. The van der Waals surface area contributed by atoms with Gasteiger partial charge in [0.1, 0.15) is 5.76 Å². The summed E-state index contributed by atoms with van der Waals surface area (Å²) in [6.07, 6.45) is 3.99. The molecule has 0 radical (unpaired) electrons. The molecule has 22 heavy (non-hydrogen) atoms. The average Bonchev–Trinajstić information content (AvgIpc) is 2.83. The molecule has 2 rings (SSSR count). The second kappa shape index (κ2) is 7.76. The van der Waals surface area contributed by atoms with Gasteiger partial charge >= 0.3 is 6.03 Å². The van der Waals surface area contributed by atoms with E-state index >= 15 is 0 Å². The average molecular weight is 327 g/mol. The molecule has 1 heterocycles. The van der Waals surface area contributed by atoms with Gasteiger partial charge in [-0.1, -0.05) is 24.9 Å². The Morgan fingerprint density at radius 1 is 1.36 bits per heavy atom. The van der Waals surface area contributed by atoms with Gasteiger partial charge in [0.15, 0.2) is 0 Å². The van der Waals surface area contributed by atoms with Crippen LogP contribution in [0.3, 0.4) is 0 Å². The number of aromatic nitrogens is 1. The van der Waals surface area contributed by atoms with Gasteiger partial charge in [0.25, 0.3) is 0 Å². The lowest BCUT2D eigenvalue weighted by Crippen LogP contribution is -2.50. The first-order chi connectivity index (χ1) is 10.5. The molecule has 2 N–H and O–H groups in total. The van der Waals surface area contributed by atoms with Crippen LogP contribution in [-0.4, -0.2) is 32.4 Å². The molecule has 6 nitrogen and oxygen atoms in total. The highest BCUT2D eigenvalue weighted by atomic mass is 32.2. The molecule has 0 spiro atoms. The number of amides is 2. The van der Waals surface area contributed by atoms with Gasteiger partial charge in [-0.2, -0.15) is 0 Å². The van der Waals surface area contributed by atoms with Crippen molar-refractivity contribution in [1.82, 2.24) is 15.8 Å². The highest BCUT2D eigenvalue weighted by Crippen LogP contribution is 2.23. The summed E-state index contributed by atoms with van der Waals surface area (Å²) in [6, 6.07) is -0.218. The Bertz CT molecular complexity index is 525. The Morgan fingerprint density at radius 2 is 2.09 bits per heavy atom. The molecule has 1 fully saturated rings. The molecule has 3 atom stereocenters. The van der Waals surface area contributed by atoms with Crippen molar-refractivity contribution in [3.63, 3.8) is 0 Å². The summed E-state index contributed by atoms with van der Waals surface area (Å²) in [5.74, 6) is 1.37. The monoisotopic (exact) mass is 327 g/mol. The van der Waals surface area contributed by atoms with Crippen LogP contribution in [0.1, 0.15) is 49.6 Å². The van der Waals surface area contributed by atoms with Crippen LogP contribution >= 0.6 is 0 Å². The third-order valence-electron chi connectivity index (χ3n) is 4.25. The molecule has 0 aliphatic heterocycles. The van der Waals surface area contributed by atoms with Crippen LogP contribution in [0.5, 0.6) is 0 Å². The third kappa shape index (κ3) is 4.09. The number of rotatable bonds is 5. The lowest BCUT2D eigenvalue weighted by Gasteiger charge is -2.31. The maximum atomic E-state index is 12.1. The molecule has 1 aromatic rings. The summed E-state index contributed by atoms with van der Waals surface area (Å²) in [4.78, 5) is 12.1. The van der Waals surface area contributed by atoms with Crippen molar-refractivity contribution < 1.29 is 13.5 Å². The zero-order valence-corrected chi connectivity index (χ0v) is 14.3. The molecule has 7 heteroatoms. The summed E-state index contributed by atoms with van der Waals surface area (Å²) in [7, 11) is -0.868. The Morgan fingerprint density at radius 3 is 2.73 bits per heavy atom. The molecule has 1 aliphatic carbocycles. The number of nitrogens with zero attached hydrogens (tertiary/aromatic N) is 1. The highest BCUT2D eigenvalue weighted by molar-refractivity contribution is 7.85. The fourth-order valence-corrected chi connectivity index (χ4v) is 4.36. The number of hydrogen-bond acceptors (Lipinski definition) is 4. The maximum absolute atomic E-state index is 12.1. The number of carbonyl (C=O) groups is 1. The molecule has 0 unspecified atom stereocenters. The Labute approximate surface area is 133 Å². The van der Waals surface area contributed by atoms with Crippen LogP contribution in [0, 0.1) is 13.8 Å². The summed E-state index contributed by atoms with van der Waals surface area (Å²) in [5.41, 5.74) is 1.70. The van der Waals surface area contributed by atoms with Gasteiger partial charge in [-0.05, 0) is 26.7 Å². The fraction of sp³-hybridized carbons (Fsp3) is 0.733. The quantitative estimate of drug-likeness (QED) is 0.868. The second-order valence-electron chi connectivity index (χ2n) is 5.73. The van der Waals surface area contributed by atoms with Gasteiger partial charge in [-0.25, -0.2) is 4.79 Å². The zero-order valence-electron chi connectivity index (χ0n) is 13.5. The summed E-state index contributed by atoms with van der Waals surface area (Å²) in [6.45, 7) is 6.00. The SMILES string of the molecule is CC[S@](=O)[C@@H]1CCCC[C@H]1NC(=O)NCc1c(C)noc1C. The van der Waals surface area contributed by atoms with E-state index in [-0.39, 0.29) is 17.3 Å². The first-order valence-corrected chi connectivity index (χ1v) is 9.24. The van der Waals surface area contributed by atoms with Crippen molar-refractivity contribution in [2.75, 3.05) is 5.75 Å². The molecule has 0 aromatic carbocycles. The fourth-order valence-electron chi connectivity index (χ4n) is 2.93. The summed E-state index contributed by atoms with van der Waals surface area (Å²) >= 11 is 0. The van der Waals surface area contributed by atoms with Gasteiger partial charge in [-0.15, -0.1) is 0 Å². The minimum atomic E-state index is -0.868. The maximum Gasteiger partial charge on any atom is 0.315 e. The molecular formula is C15H25N3O3S. The Kier molecular flexibility index (Phi) is 5.99. The molecule has 0 bridgehead atoms. The predicted molar refractivity (Wildman–Crippen MR) is 86.1 cm³/mol. The lowest BCUT2D eigenvalue weighted by molar-refractivity contribution is 0.232. The highest BCUT2D eigenvalue weighted by Gasteiger charge is 2.30. The third-order valence-corrected chi connectivity index (χ3v) is 6.06. The van der Waals surface area contributed by atoms with E-state index < -0.39 is 10.8 Å². The van der Waals surface area contributed by atoms with Crippen LogP contribution in [0.4, 0.5) is 4.79 Å². The van der Waals surface area contributed by atoms with E-state index in [1.807, 2.05) is 20.8 Å². The van der Waals surface area contributed by atoms with Gasteiger partial charge in [0.2, 0.25) is 0 Å². The van der Waals surface area contributed by atoms with Crippen molar-refractivity contribution in [2.45, 2.75) is 64.3 Å². The number of carbonyl (C=O) groups excluding carboxylic acids is 1. The van der Waals surface area contributed by atoms with E-state index in [0.717, 1.165) is 42.7 Å². The Hall–Kier alpha value is -1.37. The lowest BCUT2D eigenvalue weighted by atomic mass is 9.95. The van der Waals surface area contributed by atoms with Gasteiger partial charge in [-0.3, -0.25) is 4.21 Å². The first-order valence-electron chi connectivity index (χ1n) is 7.86. The van der Waals surface area contributed by atoms with Gasteiger partial charge < -0.3 is 15.2 Å². The van der Waals surface area contributed by atoms with E-state index in [2.05, 4.69) is 15.8 Å². The summed E-state index contributed by atoms with van der Waals surface area (Å²) in [5, 5.41) is 9.78. The standard InChI is InChI=1S/C15H25N3O3S/c1-4-22(20)14-8-6-5-7-13(14)17-15(19)16-9-12-10(2)18-21-11(12)3/h13-14H,4-9H2,1-3H3,(H2,16,17,19)/t13-,14-,22+/m1/s1. The van der Waals surface area contributed by atoms with E-state index in [4.69, 9.17) is 4.52 Å². The van der Waals surface area contributed by atoms with E-state index in [0.29, 0.717) is 12.3 Å². The molecular weight excluding hydrogens is 302 g/mol. The normalized spacial score (nSPS) is 23.0. The van der Waals surface area contributed by atoms with Crippen molar-refractivity contribution in [1.29, 1.82) is 0 Å². The topological polar surface area (TPSA) is 84.2 Å². The number of aryl methyl sites for hydroxylation is 2. The van der Waals surface area contributed by atoms with Crippen LogP contribution < -0.4 is 10.6 Å². The van der Waals surface area contributed by atoms with Crippen molar-refractivity contribution in [3.05, 3.63) is 17.0 Å². The van der Waals surface area contributed by atoms with Crippen LogP contribution in [0.25, 0.3) is 0 Å². The van der Waals surface area contributed by atoms with Gasteiger partial charge in [0.05, 0.1) is 10.9 Å². The van der Waals surface area contributed by atoms with Crippen LogP contribution in [-0.2, 0) is 17.3 Å². The minimum Gasteiger partial charge on any atom is -0.361 e. The van der Waals surface area contributed by atoms with Crippen molar-refractivity contribution in [2.24, 2.45) is 0 Å². The minimum absolute atomic E-state index is 0.000739. The molecule has 1 aliphatic rings. The summed E-state index contributed by atoms with van der Waals surface area (Å²) < 4.78 is 17.2. The van der Waals surface area contributed by atoms with E-state index in [1.54, 1.807) is 0 Å². The van der Waals surface area contributed by atoms with Crippen LogP contribution in [0.2, 0.25) is 0 Å². The van der Waals surface area contributed by atoms with Gasteiger partial charge in [0, 0.05) is 34.7 Å². The molecule has 1 saturated carbocycles.